The Balaban J connectivity index is 3.10. The maximum absolute atomic E-state index is 11.1. The van der Waals surface area contributed by atoms with Gasteiger partial charge in [0.2, 0.25) is 0 Å². The molecule has 0 aliphatic carbocycles. The van der Waals surface area contributed by atoms with Crippen LogP contribution in [0.25, 0.3) is 5.53 Å². The molecular formula is C9H5N3O. The number of ketones is 1. The molecule has 0 aromatic heterocycles. The van der Waals surface area contributed by atoms with Gasteiger partial charge in [0.25, 0.3) is 5.78 Å². The van der Waals surface area contributed by atoms with Crippen LogP contribution in [0.15, 0.2) is 24.3 Å². The normalized spacial score (nSPS) is 8.23. The molecule has 0 spiro atoms. The molecule has 0 N–H and O–H groups in total. The molecule has 1 aromatic rings. The van der Waals surface area contributed by atoms with Crippen LogP contribution >= 0.6 is 0 Å². The number of carbonyl (C=O) groups excluding carboxylic acids is 1. The Morgan fingerprint density at radius 3 is 3.00 bits per heavy atom. The van der Waals surface area contributed by atoms with Gasteiger partial charge in [-0.15, -0.1) is 0 Å². The van der Waals surface area contributed by atoms with Gasteiger partial charge >= 0.3 is 6.21 Å². The van der Waals surface area contributed by atoms with Gasteiger partial charge in [-0.2, -0.15) is 10.1 Å². The highest BCUT2D eigenvalue weighted by Gasteiger charge is 2.06. The van der Waals surface area contributed by atoms with E-state index in [4.69, 9.17) is 10.8 Å². The Kier molecular flexibility index (Phi) is 2.69. The van der Waals surface area contributed by atoms with Crippen LogP contribution < -0.4 is 0 Å². The molecule has 0 amide bonds. The fourth-order valence-corrected chi connectivity index (χ4v) is 0.869. The van der Waals surface area contributed by atoms with Crippen LogP contribution in [-0.4, -0.2) is 16.8 Å². The molecule has 0 atom stereocenters. The summed E-state index contributed by atoms with van der Waals surface area (Å²) in [6.07, 6.45) is 0.788. The molecule has 0 radical (unpaired) electrons. The van der Waals surface area contributed by atoms with E-state index in [0.717, 1.165) is 6.21 Å². The molecule has 0 saturated carbocycles. The minimum Gasteiger partial charge on any atom is -0.361 e. The van der Waals surface area contributed by atoms with E-state index >= 15 is 0 Å². The number of hydrogen-bond acceptors (Lipinski definition) is 2. The smallest absolute Gasteiger partial charge is 0.328 e. The molecule has 4 heteroatoms. The SMILES string of the molecule is N#Cc1cccc(C(=O)C=[N+]=[N-])c1. The second-order valence-electron chi connectivity index (χ2n) is 2.30. The molecule has 4 nitrogen and oxygen atoms in total. The van der Waals surface area contributed by atoms with Crippen molar-refractivity contribution >= 4 is 12.0 Å². The van der Waals surface area contributed by atoms with Crippen molar-refractivity contribution in [1.29, 1.82) is 5.26 Å². The molecular weight excluding hydrogens is 166 g/mol. The van der Waals surface area contributed by atoms with Crippen LogP contribution in [-0.2, 0) is 0 Å². The summed E-state index contributed by atoms with van der Waals surface area (Å²) in [4.78, 5) is 13.7. The fourth-order valence-electron chi connectivity index (χ4n) is 0.869. The van der Waals surface area contributed by atoms with Crippen LogP contribution in [0.4, 0.5) is 0 Å². The highest BCUT2D eigenvalue weighted by molar-refractivity contribution is 6.33. The topological polar surface area (TPSA) is 77.3 Å². The van der Waals surface area contributed by atoms with Crippen molar-refractivity contribution in [3.05, 3.63) is 40.9 Å². The van der Waals surface area contributed by atoms with E-state index in [2.05, 4.69) is 4.79 Å². The number of rotatable bonds is 2. The summed E-state index contributed by atoms with van der Waals surface area (Å²) < 4.78 is 0. The number of nitriles is 1. The third kappa shape index (κ3) is 2.09. The predicted octanol–water partition coefficient (Wildman–Crippen LogP) is 1.04. The zero-order valence-electron chi connectivity index (χ0n) is 6.64. The average molecular weight is 171 g/mol. The summed E-state index contributed by atoms with van der Waals surface area (Å²) >= 11 is 0. The number of carbonyl (C=O) groups is 1. The quantitative estimate of drug-likeness (QED) is 0.288. The monoisotopic (exact) mass is 171 g/mol. The van der Waals surface area contributed by atoms with E-state index in [1.165, 1.54) is 6.07 Å². The molecule has 0 aliphatic rings. The van der Waals surface area contributed by atoms with Gasteiger partial charge in [-0.05, 0) is 12.1 Å². The van der Waals surface area contributed by atoms with E-state index in [1.54, 1.807) is 18.2 Å². The van der Waals surface area contributed by atoms with Crippen molar-refractivity contribution in [3.63, 3.8) is 0 Å². The summed E-state index contributed by atoms with van der Waals surface area (Å²) in [6.45, 7) is 0. The molecule has 1 rings (SSSR count). The van der Waals surface area contributed by atoms with E-state index in [0.29, 0.717) is 11.1 Å². The lowest BCUT2D eigenvalue weighted by atomic mass is 10.1. The summed E-state index contributed by atoms with van der Waals surface area (Å²) in [5, 5.41) is 8.53. The lowest BCUT2D eigenvalue weighted by Crippen LogP contribution is -2.00. The third-order valence-electron chi connectivity index (χ3n) is 1.45. The highest BCUT2D eigenvalue weighted by atomic mass is 16.1. The number of nitrogens with zero attached hydrogens (tertiary/aromatic N) is 3. The van der Waals surface area contributed by atoms with Gasteiger partial charge in [-0.25, -0.2) is 0 Å². The van der Waals surface area contributed by atoms with Crippen LogP contribution in [0, 0.1) is 11.3 Å². The van der Waals surface area contributed by atoms with E-state index in [-0.39, 0.29) is 0 Å². The summed E-state index contributed by atoms with van der Waals surface area (Å²) in [7, 11) is 0. The van der Waals surface area contributed by atoms with Gasteiger partial charge in [0.15, 0.2) is 0 Å². The van der Waals surface area contributed by atoms with Gasteiger partial charge < -0.3 is 5.53 Å². The summed E-state index contributed by atoms with van der Waals surface area (Å²) in [5.74, 6) is -0.431. The van der Waals surface area contributed by atoms with Crippen LogP contribution in [0.2, 0.25) is 0 Å². The Labute approximate surface area is 74.7 Å². The number of Topliss-reactive ketones (excluding diaryl/α,β-unsaturated/α-hetero) is 1. The lowest BCUT2D eigenvalue weighted by molar-refractivity contribution is 0.00235. The first-order valence-corrected chi connectivity index (χ1v) is 3.50. The number of hydrogen-bond donors (Lipinski definition) is 0. The molecule has 0 fully saturated rings. The average Bonchev–Trinajstić information content (AvgIpc) is 2.18. The van der Waals surface area contributed by atoms with E-state index in [1.807, 2.05) is 6.07 Å². The van der Waals surface area contributed by atoms with Crippen molar-refractivity contribution in [2.75, 3.05) is 0 Å². The van der Waals surface area contributed by atoms with Crippen LogP contribution in [0.3, 0.4) is 0 Å². The molecule has 13 heavy (non-hydrogen) atoms. The third-order valence-corrected chi connectivity index (χ3v) is 1.45. The van der Waals surface area contributed by atoms with Crippen LogP contribution in [0.5, 0.6) is 0 Å². The molecule has 62 valence electrons. The molecule has 1 aromatic carbocycles. The predicted molar refractivity (Wildman–Crippen MR) is 45.2 cm³/mol. The Morgan fingerprint density at radius 1 is 1.62 bits per heavy atom. The van der Waals surface area contributed by atoms with Crippen LogP contribution in [0.1, 0.15) is 15.9 Å². The van der Waals surface area contributed by atoms with Gasteiger partial charge in [-0.1, -0.05) is 12.1 Å². The Bertz CT molecular complexity index is 425. The van der Waals surface area contributed by atoms with Gasteiger partial charge in [0.05, 0.1) is 11.6 Å². The van der Waals surface area contributed by atoms with Gasteiger partial charge in [0, 0.05) is 5.56 Å². The standard InChI is InChI=1S/C9H5N3O/c10-5-7-2-1-3-8(4-7)9(13)6-12-11/h1-4,6H. The zero-order valence-corrected chi connectivity index (χ0v) is 6.64. The fraction of sp³-hybridized carbons (Fsp3) is 0. The maximum atomic E-state index is 11.1. The first kappa shape index (κ1) is 8.85. The minimum absolute atomic E-state index is 0.330. The van der Waals surface area contributed by atoms with E-state index in [9.17, 15) is 4.79 Å². The van der Waals surface area contributed by atoms with Crippen molar-refractivity contribution < 1.29 is 9.58 Å². The Hall–Kier alpha value is -2.24. The molecule has 0 unspecified atom stereocenters. The van der Waals surface area contributed by atoms with E-state index < -0.39 is 5.78 Å². The maximum Gasteiger partial charge on any atom is 0.328 e. The second kappa shape index (κ2) is 3.96. The van der Waals surface area contributed by atoms with Gasteiger partial charge in [0.1, 0.15) is 0 Å². The lowest BCUT2D eigenvalue weighted by Gasteiger charge is -1.91. The second-order valence-corrected chi connectivity index (χ2v) is 2.30. The highest BCUT2D eigenvalue weighted by Crippen LogP contribution is 2.03. The largest absolute Gasteiger partial charge is 0.361 e. The van der Waals surface area contributed by atoms with Crippen molar-refractivity contribution in [1.82, 2.24) is 0 Å². The first-order chi connectivity index (χ1) is 6.27. The summed E-state index contributed by atoms with van der Waals surface area (Å²) in [5.41, 5.74) is 8.84. The summed E-state index contributed by atoms with van der Waals surface area (Å²) in [6, 6.07) is 8.07. The molecule has 0 heterocycles. The Morgan fingerprint density at radius 2 is 2.38 bits per heavy atom. The van der Waals surface area contributed by atoms with Crippen molar-refractivity contribution in [2.24, 2.45) is 0 Å². The number of benzene rings is 1. The molecule has 0 bridgehead atoms. The minimum atomic E-state index is -0.431. The van der Waals surface area contributed by atoms with Crippen molar-refractivity contribution in [3.8, 4) is 6.07 Å². The zero-order chi connectivity index (χ0) is 9.68. The van der Waals surface area contributed by atoms with Crippen molar-refractivity contribution in [2.45, 2.75) is 0 Å². The molecule has 0 saturated heterocycles. The first-order valence-electron chi connectivity index (χ1n) is 3.50. The molecule has 0 aliphatic heterocycles. The van der Waals surface area contributed by atoms with Gasteiger partial charge in [-0.3, -0.25) is 4.79 Å².